The molecule has 5 nitrogen and oxygen atoms in total. The Hall–Kier alpha value is -0.860. The second-order valence-electron chi connectivity index (χ2n) is 5.24. The Balaban J connectivity index is 2.19. The predicted molar refractivity (Wildman–Crippen MR) is 70.5 cm³/mol. The number of rotatable bonds is 6. The Morgan fingerprint density at radius 2 is 1.80 bits per heavy atom. The first-order valence-electron chi connectivity index (χ1n) is 6.70. The van der Waals surface area contributed by atoms with Crippen molar-refractivity contribution in [1.82, 2.24) is 20.0 Å². The molecule has 118 valence electrons. The molecule has 1 rings (SSSR count). The number of hydrogen-bond acceptors (Lipinski definition) is 4. The molecule has 1 aliphatic rings. The zero-order chi connectivity index (χ0) is 15.2. The topological polar surface area (TPSA) is 38.8 Å². The first-order chi connectivity index (χ1) is 9.28. The molecule has 1 heterocycles. The average Bonchev–Trinajstić information content (AvgIpc) is 2.35. The molecule has 0 spiro atoms. The van der Waals surface area contributed by atoms with Crippen LogP contribution in [0.15, 0.2) is 0 Å². The highest BCUT2D eigenvalue weighted by Crippen LogP contribution is 2.12. The van der Waals surface area contributed by atoms with Crippen LogP contribution in [-0.2, 0) is 4.79 Å². The highest BCUT2D eigenvalue weighted by atomic mass is 19.4. The zero-order valence-electron chi connectivity index (χ0n) is 12.0. The highest BCUT2D eigenvalue weighted by Gasteiger charge is 2.27. The molecule has 0 bridgehead atoms. The van der Waals surface area contributed by atoms with Gasteiger partial charge < -0.3 is 15.1 Å². The molecule has 1 aliphatic heterocycles. The van der Waals surface area contributed by atoms with Crippen LogP contribution in [0.2, 0.25) is 0 Å². The van der Waals surface area contributed by atoms with E-state index in [2.05, 4.69) is 15.1 Å². The van der Waals surface area contributed by atoms with Gasteiger partial charge in [0.05, 0.1) is 13.1 Å². The van der Waals surface area contributed by atoms with Gasteiger partial charge in [-0.2, -0.15) is 13.2 Å². The van der Waals surface area contributed by atoms with E-state index in [-0.39, 0.29) is 12.5 Å². The summed E-state index contributed by atoms with van der Waals surface area (Å²) in [5, 5.41) is 2.14. The van der Waals surface area contributed by atoms with Gasteiger partial charge in [-0.05, 0) is 14.1 Å². The molecule has 0 atom stereocenters. The van der Waals surface area contributed by atoms with E-state index < -0.39 is 12.7 Å². The number of amides is 1. The Labute approximate surface area is 117 Å². The normalized spacial score (nSPS) is 17.8. The summed E-state index contributed by atoms with van der Waals surface area (Å²) in [6.07, 6.45) is -4.27. The minimum absolute atomic E-state index is 0.253. The number of likely N-dealkylation sites (N-methyl/N-ethyl adjacent to an activating group) is 1. The second kappa shape index (κ2) is 7.80. The van der Waals surface area contributed by atoms with Crippen LogP contribution in [0.5, 0.6) is 0 Å². The number of nitrogens with one attached hydrogen (secondary N) is 1. The number of carbonyl (C=O) groups excluding carboxylic acids is 1. The molecule has 8 heteroatoms. The maximum atomic E-state index is 12.0. The highest BCUT2D eigenvalue weighted by molar-refractivity contribution is 5.78. The van der Waals surface area contributed by atoms with Gasteiger partial charge in [0.25, 0.3) is 0 Å². The fraction of sp³-hybridized carbons (Fsp3) is 0.917. The molecule has 0 aliphatic carbocycles. The minimum Gasteiger partial charge on any atom is -0.339 e. The Morgan fingerprint density at radius 3 is 2.30 bits per heavy atom. The zero-order valence-corrected chi connectivity index (χ0v) is 12.0. The van der Waals surface area contributed by atoms with Crippen molar-refractivity contribution in [2.75, 3.05) is 66.5 Å². The monoisotopic (exact) mass is 296 g/mol. The van der Waals surface area contributed by atoms with Crippen LogP contribution in [0.3, 0.4) is 0 Å². The van der Waals surface area contributed by atoms with Crippen LogP contribution in [0.1, 0.15) is 0 Å². The summed E-state index contributed by atoms with van der Waals surface area (Å²) in [7, 11) is 4.01. The van der Waals surface area contributed by atoms with E-state index >= 15 is 0 Å². The van der Waals surface area contributed by atoms with Gasteiger partial charge >= 0.3 is 6.18 Å². The van der Waals surface area contributed by atoms with Gasteiger partial charge in [0.1, 0.15) is 0 Å². The van der Waals surface area contributed by atoms with E-state index in [0.717, 1.165) is 26.2 Å². The van der Waals surface area contributed by atoms with Crippen LogP contribution >= 0.6 is 0 Å². The van der Waals surface area contributed by atoms with Gasteiger partial charge in [-0.25, -0.2) is 0 Å². The third kappa shape index (κ3) is 7.06. The van der Waals surface area contributed by atoms with Gasteiger partial charge in [0.15, 0.2) is 0 Å². The van der Waals surface area contributed by atoms with Gasteiger partial charge in [-0.1, -0.05) is 0 Å². The van der Waals surface area contributed by atoms with Crippen molar-refractivity contribution in [1.29, 1.82) is 0 Å². The molecule has 0 aromatic carbocycles. The SMILES string of the molecule is CN(C)CCN1CCN(C(=O)CNCC(F)(F)F)CC1. The van der Waals surface area contributed by atoms with E-state index in [4.69, 9.17) is 0 Å². The smallest absolute Gasteiger partial charge is 0.339 e. The third-order valence-corrected chi connectivity index (χ3v) is 3.19. The third-order valence-electron chi connectivity index (χ3n) is 3.19. The number of carbonyl (C=O) groups is 1. The average molecular weight is 296 g/mol. The molecule has 0 saturated carbocycles. The molecule has 0 unspecified atom stereocenters. The van der Waals surface area contributed by atoms with Crippen LogP contribution in [0, 0.1) is 0 Å². The van der Waals surface area contributed by atoms with Crippen molar-refractivity contribution < 1.29 is 18.0 Å². The molecular formula is C12H23F3N4O. The van der Waals surface area contributed by atoms with Gasteiger partial charge in [-0.15, -0.1) is 0 Å². The number of hydrogen-bond donors (Lipinski definition) is 1. The van der Waals surface area contributed by atoms with Crippen molar-refractivity contribution >= 4 is 5.91 Å². The molecule has 1 fully saturated rings. The van der Waals surface area contributed by atoms with Gasteiger partial charge in [0.2, 0.25) is 5.91 Å². The molecule has 1 amide bonds. The lowest BCUT2D eigenvalue weighted by molar-refractivity contribution is -0.135. The molecule has 0 aromatic heterocycles. The van der Waals surface area contributed by atoms with Crippen LogP contribution in [0.25, 0.3) is 0 Å². The maximum Gasteiger partial charge on any atom is 0.401 e. The Kier molecular flexibility index (Phi) is 6.70. The quantitative estimate of drug-likeness (QED) is 0.739. The fourth-order valence-corrected chi connectivity index (χ4v) is 1.99. The van der Waals surface area contributed by atoms with Gasteiger partial charge in [-0.3, -0.25) is 9.69 Å². The molecular weight excluding hydrogens is 273 g/mol. The van der Waals surface area contributed by atoms with Crippen molar-refractivity contribution in [3.8, 4) is 0 Å². The maximum absolute atomic E-state index is 12.0. The minimum atomic E-state index is -4.27. The number of piperazine rings is 1. The van der Waals surface area contributed by atoms with E-state index in [0.29, 0.717) is 13.1 Å². The standard InChI is InChI=1S/C12H23F3N4O/c1-17(2)3-4-18-5-7-19(8-6-18)11(20)9-16-10-12(13,14)15/h16H,3-10H2,1-2H3. The van der Waals surface area contributed by atoms with E-state index in [1.54, 1.807) is 4.90 Å². The number of nitrogens with zero attached hydrogens (tertiary/aromatic N) is 3. The second-order valence-corrected chi connectivity index (χ2v) is 5.24. The molecule has 0 aromatic rings. The number of alkyl halides is 3. The lowest BCUT2D eigenvalue weighted by atomic mass is 10.3. The predicted octanol–water partition coefficient (Wildman–Crippen LogP) is -0.156. The molecule has 1 N–H and O–H groups in total. The molecule has 1 saturated heterocycles. The first-order valence-corrected chi connectivity index (χ1v) is 6.70. The summed E-state index contributed by atoms with van der Waals surface area (Å²) < 4.78 is 35.9. The van der Waals surface area contributed by atoms with E-state index in [1.807, 2.05) is 14.1 Å². The van der Waals surface area contributed by atoms with Crippen molar-refractivity contribution in [3.63, 3.8) is 0 Å². The summed E-state index contributed by atoms with van der Waals surface area (Å²) in [4.78, 5) is 17.7. The van der Waals surface area contributed by atoms with Gasteiger partial charge in [0, 0.05) is 39.3 Å². The summed E-state index contributed by atoms with van der Waals surface area (Å²) in [6, 6.07) is 0. The lowest BCUT2D eigenvalue weighted by Crippen LogP contribution is -2.52. The Bertz CT molecular complexity index is 302. The van der Waals surface area contributed by atoms with Crippen molar-refractivity contribution in [2.24, 2.45) is 0 Å². The van der Waals surface area contributed by atoms with Crippen LogP contribution in [-0.4, -0.2) is 93.2 Å². The fourth-order valence-electron chi connectivity index (χ4n) is 1.99. The van der Waals surface area contributed by atoms with Crippen LogP contribution in [0.4, 0.5) is 13.2 Å². The molecule has 0 radical (unpaired) electrons. The lowest BCUT2D eigenvalue weighted by Gasteiger charge is -2.35. The van der Waals surface area contributed by atoms with E-state index in [1.165, 1.54) is 0 Å². The van der Waals surface area contributed by atoms with Crippen molar-refractivity contribution in [2.45, 2.75) is 6.18 Å². The molecule has 20 heavy (non-hydrogen) atoms. The summed E-state index contributed by atoms with van der Waals surface area (Å²) in [6.45, 7) is 3.25. The summed E-state index contributed by atoms with van der Waals surface area (Å²) in [5.74, 6) is -0.262. The largest absolute Gasteiger partial charge is 0.401 e. The first kappa shape index (κ1) is 17.2. The Morgan fingerprint density at radius 1 is 1.20 bits per heavy atom. The number of halogens is 3. The summed E-state index contributed by atoms with van der Waals surface area (Å²) >= 11 is 0. The van der Waals surface area contributed by atoms with E-state index in [9.17, 15) is 18.0 Å². The summed E-state index contributed by atoms with van der Waals surface area (Å²) in [5.41, 5.74) is 0. The van der Waals surface area contributed by atoms with Crippen molar-refractivity contribution in [3.05, 3.63) is 0 Å². The van der Waals surface area contributed by atoms with Crippen LogP contribution < -0.4 is 5.32 Å².